The van der Waals surface area contributed by atoms with Crippen molar-refractivity contribution in [1.29, 1.82) is 0 Å². The van der Waals surface area contributed by atoms with Gasteiger partial charge in [0.25, 0.3) is 0 Å². The predicted octanol–water partition coefficient (Wildman–Crippen LogP) is 6.04. The van der Waals surface area contributed by atoms with Crippen molar-refractivity contribution in [3.8, 4) is 0 Å². The first-order valence-corrected chi connectivity index (χ1v) is 7.35. The Morgan fingerprint density at radius 1 is 1.22 bits per heavy atom. The van der Waals surface area contributed by atoms with Crippen molar-refractivity contribution in [2.24, 2.45) is 5.41 Å². The van der Waals surface area contributed by atoms with Crippen LogP contribution in [0.4, 0.5) is 4.39 Å². The Labute approximate surface area is 118 Å². The average Bonchev–Trinajstić information content (AvgIpc) is 2.34. The highest BCUT2D eigenvalue weighted by Crippen LogP contribution is 2.50. The van der Waals surface area contributed by atoms with Crippen LogP contribution in [0.3, 0.4) is 0 Å². The minimum absolute atomic E-state index is 0.0771. The summed E-state index contributed by atoms with van der Waals surface area (Å²) in [4.78, 5) is 0. The van der Waals surface area contributed by atoms with E-state index in [-0.39, 0.29) is 16.6 Å². The van der Waals surface area contributed by atoms with Crippen LogP contribution < -0.4 is 0 Å². The lowest BCUT2D eigenvalue weighted by Crippen LogP contribution is -2.25. The summed E-state index contributed by atoms with van der Waals surface area (Å²) in [6, 6.07) is 3.18. The van der Waals surface area contributed by atoms with Gasteiger partial charge in [-0.2, -0.15) is 0 Å². The number of hydrogen-bond donors (Lipinski definition) is 0. The molecule has 0 saturated heterocycles. The molecule has 0 amide bonds. The smallest absolute Gasteiger partial charge is 0.127 e. The van der Waals surface area contributed by atoms with Crippen LogP contribution in [0.2, 0.25) is 5.02 Å². The van der Waals surface area contributed by atoms with Gasteiger partial charge in [-0.1, -0.05) is 43.9 Å². The molecular weight excluding hydrogens is 270 g/mol. The van der Waals surface area contributed by atoms with Gasteiger partial charge in [0, 0.05) is 5.02 Å². The van der Waals surface area contributed by atoms with E-state index >= 15 is 0 Å². The molecule has 2 rings (SSSR count). The van der Waals surface area contributed by atoms with Crippen molar-refractivity contribution in [3.05, 3.63) is 34.1 Å². The van der Waals surface area contributed by atoms with Crippen LogP contribution in [-0.2, 0) is 0 Å². The third kappa shape index (κ3) is 2.67. The van der Waals surface area contributed by atoms with Gasteiger partial charge in [0.15, 0.2) is 0 Å². The summed E-state index contributed by atoms with van der Waals surface area (Å²) in [5, 5.41) is 0.314. The summed E-state index contributed by atoms with van der Waals surface area (Å²) < 4.78 is 13.4. The first kappa shape index (κ1) is 14.1. The summed E-state index contributed by atoms with van der Waals surface area (Å²) >= 11 is 12.8. The van der Waals surface area contributed by atoms with Crippen LogP contribution in [0.15, 0.2) is 12.1 Å². The van der Waals surface area contributed by atoms with E-state index in [2.05, 4.69) is 6.92 Å². The zero-order chi connectivity index (χ0) is 13.3. The van der Waals surface area contributed by atoms with Crippen LogP contribution in [0.25, 0.3) is 0 Å². The molecule has 0 bridgehead atoms. The van der Waals surface area contributed by atoms with Crippen LogP contribution in [0.1, 0.15) is 55.5 Å². The average molecular weight is 289 g/mol. The molecule has 1 aliphatic carbocycles. The van der Waals surface area contributed by atoms with E-state index in [9.17, 15) is 4.39 Å². The van der Waals surface area contributed by atoms with Gasteiger partial charge in [-0.3, -0.25) is 0 Å². The number of benzene rings is 1. The summed E-state index contributed by atoms with van der Waals surface area (Å²) in [6.45, 7) is 3.97. The molecule has 3 heteroatoms. The van der Waals surface area contributed by atoms with Gasteiger partial charge < -0.3 is 0 Å². The van der Waals surface area contributed by atoms with Gasteiger partial charge in [-0.05, 0) is 42.4 Å². The fourth-order valence-corrected chi connectivity index (χ4v) is 3.58. The van der Waals surface area contributed by atoms with Gasteiger partial charge in [-0.25, -0.2) is 4.39 Å². The number of aryl methyl sites for hydroxylation is 1. The third-order valence-corrected chi connectivity index (χ3v) is 5.25. The molecule has 0 nitrogen and oxygen atoms in total. The Balaban J connectivity index is 2.33. The molecule has 1 aliphatic rings. The van der Waals surface area contributed by atoms with E-state index in [1.165, 1.54) is 25.3 Å². The Hall–Kier alpha value is -0.270. The second-order valence-corrected chi connectivity index (χ2v) is 6.54. The molecule has 1 aromatic carbocycles. The lowest BCUT2D eigenvalue weighted by Gasteiger charge is -2.38. The molecule has 0 heterocycles. The standard InChI is InChI=1S/C15H19Cl2F/c1-10-8-11(12(16)9-13(10)18)14(17)15(2)6-4-3-5-7-15/h8-9,14H,3-7H2,1-2H3. The van der Waals surface area contributed by atoms with Crippen molar-refractivity contribution in [3.63, 3.8) is 0 Å². The van der Waals surface area contributed by atoms with Gasteiger partial charge >= 0.3 is 0 Å². The van der Waals surface area contributed by atoms with Crippen molar-refractivity contribution < 1.29 is 4.39 Å². The van der Waals surface area contributed by atoms with E-state index in [1.54, 1.807) is 13.0 Å². The molecule has 0 spiro atoms. The zero-order valence-corrected chi connectivity index (χ0v) is 12.4. The maximum atomic E-state index is 13.4. The van der Waals surface area contributed by atoms with Gasteiger partial charge in [0.1, 0.15) is 5.82 Å². The molecule has 1 saturated carbocycles. The molecular formula is C15H19Cl2F. The highest BCUT2D eigenvalue weighted by Gasteiger charge is 2.36. The molecule has 0 aliphatic heterocycles. The van der Waals surface area contributed by atoms with Crippen LogP contribution in [-0.4, -0.2) is 0 Å². The quantitative estimate of drug-likeness (QED) is 0.582. The van der Waals surface area contributed by atoms with E-state index in [1.807, 2.05) is 0 Å². The molecule has 0 radical (unpaired) electrons. The Morgan fingerprint density at radius 3 is 2.44 bits per heavy atom. The van der Waals surface area contributed by atoms with Gasteiger partial charge in [0.2, 0.25) is 0 Å². The SMILES string of the molecule is Cc1cc(C(Cl)C2(C)CCCCC2)c(Cl)cc1F. The molecule has 0 N–H and O–H groups in total. The van der Waals surface area contributed by atoms with Crippen LogP contribution in [0.5, 0.6) is 0 Å². The molecule has 18 heavy (non-hydrogen) atoms. The molecule has 1 aromatic rings. The zero-order valence-electron chi connectivity index (χ0n) is 10.9. The lowest BCUT2D eigenvalue weighted by molar-refractivity contribution is 0.206. The second kappa shape index (κ2) is 5.38. The molecule has 1 atom stereocenters. The fraction of sp³-hybridized carbons (Fsp3) is 0.600. The minimum Gasteiger partial charge on any atom is -0.207 e. The lowest BCUT2D eigenvalue weighted by atomic mass is 9.71. The maximum Gasteiger partial charge on any atom is 0.127 e. The Kier molecular flexibility index (Phi) is 4.23. The number of alkyl halides is 1. The van der Waals surface area contributed by atoms with Crippen molar-refractivity contribution in [2.75, 3.05) is 0 Å². The first-order valence-electron chi connectivity index (χ1n) is 6.54. The molecule has 0 aromatic heterocycles. The minimum atomic E-state index is -0.263. The van der Waals surface area contributed by atoms with E-state index in [0.29, 0.717) is 10.6 Å². The predicted molar refractivity (Wildman–Crippen MR) is 75.9 cm³/mol. The molecule has 100 valence electrons. The van der Waals surface area contributed by atoms with E-state index in [0.717, 1.165) is 18.4 Å². The maximum absolute atomic E-state index is 13.4. The molecule has 1 unspecified atom stereocenters. The highest BCUT2D eigenvalue weighted by atomic mass is 35.5. The Morgan fingerprint density at radius 2 is 1.83 bits per heavy atom. The van der Waals surface area contributed by atoms with Gasteiger partial charge in [-0.15, -0.1) is 11.6 Å². The largest absolute Gasteiger partial charge is 0.207 e. The summed E-state index contributed by atoms with van der Waals surface area (Å²) in [5.41, 5.74) is 1.56. The van der Waals surface area contributed by atoms with Crippen molar-refractivity contribution in [1.82, 2.24) is 0 Å². The highest BCUT2D eigenvalue weighted by molar-refractivity contribution is 6.32. The van der Waals surface area contributed by atoms with Gasteiger partial charge in [0.05, 0.1) is 5.38 Å². The van der Waals surface area contributed by atoms with Crippen molar-refractivity contribution in [2.45, 2.75) is 51.3 Å². The third-order valence-electron chi connectivity index (χ3n) is 4.16. The van der Waals surface area contributed by atoms with Crippen LogP contribution in [0, 0.1) is 18.2 Å². The monoisotopic (exact) mass is 288 g/mol. The van der Waals surface area contributed by atoms with E-state index in [4.69, 9.17) is 23.2 Å². The topological polar surface area (TPSA) is 0 Å². The summed E-state index contributed by atoms with van der Waals surface area (Å²) in [7, 11) is 0. The second-order valence-electron chi connectivity index (χ2n) is 5.70. The summed E-state index contributed by atoms with van der Waals surface area (Å²) in [5.74, 6) is -0.263. The number of halogens is 3. The molecule has 1 fully saturated rings. The fourth-order valence-electron chi connectivity index (χ4n) is 2.86. The van der Waals surface area contributed by atoms with Crippen LogP contribution >= 0.6 is 23.2 Å². The Bertz CT molecular complexity index is 436. The van der Waals surface area contributed by atoms with E-state index < -0.39 is 0 Å². The first-order chi connectivity index (χ1) is 8.44. The van der Waals surface area contributed by atoms with Crippen molar-refractivity contribution >= 4 is 23.2 Å². The summed E-state index contributed by atoms with van der Waals surface area (Å²) in [6.07, 6.45) is 5.96. The normalized spacial score (nSPS) is 20.7. The number of rotatable bonds is 2. The number of hydrogen-bond acceptors (Lipinski definition) is 0.